The van der Waals surface area contributed by atoms with Gasteiger partial charge in [-0.25, -0.2) is 0 Å². The highest BCUT2D eigenvalue weighted by Gasteiger charge is 2.15. The standard InChI is InChI=1S/C12H15Cl2NO2S/c1-8(12(16)15-5-6-17-2)18-11-7-9(13)3-4-10(11)14/h3-4,7-8H,5-6H2,1-2H3,(H,15,16). The molecule has 0 aliphatic heterocycles. The van der Waals surface area contributed by atoms with Gasteiger partial charge in [0, 0.05) is 23.6 Å². The molecule has 0 aliphatic carbocycles. The van der Waals surface area contributed by atoms with Crippen LogP contribution in [0.15, 0.2) is 23.1 Å². The third-order valence-corrected chi connectivity index (χ3v) is 4.01. The lowest BCUT2D eigenvalue weighted by molar-refractivity contribution is -0.120. The van der Waals surface area contributed by atoms with Crippen LogP contribution in [0.2, 0.25) is 10.0 Å². The molecule has 100 valence electrons. The summed E-state index contributed by atoms with van der Waals surface area (Å²) in [5, 5.41) is 3.74. The zero-order valence-electron chi connectivity index (χ0n) is 10.2. The SMILES string of the molecule is COCCNC(=O)C(C)Sc1cc(Cl)ccc1Cl. The zero-order valence-corrected chi connectivity index (χ0v) is 12.5. The maximum Gasteiger partial charge on any atom is 0.233 e. The number of hydrogen-bond acceptors (Lipinski definition) is 3. The van der Waals surface area contributed by atoms with Gasteiger partial charge in [-0.05, 0) is 25.1 Å². The number of amides is 1. The fourth-order valence-corrected chi connectivity index (χ4v) is 2.67. The molecule has 0 aromatic heterocycles. The number of carbonyl (C=O) groups is 1. The maximum absolute atomic E-state index is 11.8. The molecule has 0 aliphatic rings. The number of nitrogens with one attached hydrogen (secondary N) is 1. The average molecular weight is 308 g/mol. The molecule has 1 amide bonds. The van der Waals surface area contributed by atoms with Gasteiger partial charge < -0.3 is 10.1 Å². The van der Waals surface area contributed by atoms with Crippen molar-refractivity contribution in [2.75, 3.05) is 20.3 Å². The summed E-state index contributed by atoms with van der Waals surface area (Å²) in [4.78, 5) is 12.6. The van der Waals surface area contributed by atoms with Gasteiger partial charge in [-0.15, -0.1) is 11.8 Å². The van der Waals surface area contributed by atoms with E-state index in [0.717, 1.165) is 4.90 Å². The summed E-state index contributed by atoms with van der Waals surface area (Å²) >= 11 is 13.3. The summed E-state index contributed by atoms with van der Waals surface area (Å²) in [6, 6.07) is 5.20. The smallest absolute Gasteiger partial charge is 0.233 e. The maximum atomic E-state index is 11.8. The normalized spacial score (nSPS) is 12.2. The monoisotopic (exact) mass is 307 g/mol. The van der Waals surface area contributed by atoms with Gasteiger partial charge >= 0.3 is 0 Å². The Hall–Kier alpha value is -0.420. The van der Waals surface area contributed by atoms with Crippen molar-refractivity contribution in [1.29, 1.82) is 0 Å². The summed E-state index contributed by atoms with van der Waals surface area (Å²) < 4.78 is 4.87. The van der Waals surface area contributed by atoms with E-state index in [-0.39, 0.29) is 11.2 Å². The van der Waals surface area contributed by atoms with Gasteiger partial charge in [0.05, 0.1) is 16.9 Å². The number of thioether (sulfide) groups is 1. The molecule has 1 N–H and O–H groups in total. The molecule has 0 saturated carbocycles. The van der Waals surface area contributed by atoms with Crippen molar-refractivity contribution in [3.63, 3.8) is 0 Å². The summed E-state index contributed by atoms with van der Waals surface area (Å²) in [6.45, 7) is 2.83. The molecule has 1 aromatic carbocycles. The van der Waals surface area contributed by atoms with Crippen molar-refractivity contribution in [3.8, 4) is 0 Å². The Balaban J connectivity index is 2.55. The second-order valence-electron chi connectivity index (χ2n) is 3.62. The van der Waals surface area contributed by atoms with Crippen LogP contribution in [0, 0.1) is 0 Å². The van der Waals surface area contributed by atoms with E-state index in [1.165, 1.54) is 11.8 Å². The molecule has 18 heavy (non-hydrogen) atoms. The summed E-state index contributed by atoms with van der Waals surface area (Å²) in [5.41, 5.74) is 0. The average Bonchev–Trinajstić information content (AvgIpc) is 2.34. The molecule has 1 unspecified atom stereocenters. The van der Waals surface area contributed by atoms with Gasteiger partial charge in [-0.2, -0.15) is 0 Å². The molecule has 0 spiro atoms. The molecule has 1 aromatic rings. The van der Waals surface area contributed by atoms with Gasteiger partial charge in [-0.1, -0.05) is 23.2 Å². The molecule has 1 rings (SSSR count). The molecule has 0 heterocycles. The first kappa shape index (κ1) is 15.6. The van der Waals surface area contributed by atoms with Crippen molar-refractivity contribution < 1.29 is 9.53 Å². The fraction of sp³-hybridized carbons (Fsp3) is 0.417. The Kier molecular flexibility index (Phi) is 6.86. The van der Waals surface area contributed by atoms with Gasteiger partial charge in [0.15, 0.2) is 0 Å². The minimum Gasteiger partial charge on any atom is -0.383 e. The van der Waals surface area contributed by atoms with Crippen LogP contribution in [-0.2, 0) is 9.53 Å². The predicted molar refractivity (Wildman–Crippen MR) is 76.7 cm³/mol. The van der Waals surface area contributed by atoms with Crippen LogP contribution >= 0.6 is 35.0 Å². The van der Waals surface area contributed by atoms with Crippen molar-refractivity contribution in [2.45, 2.75) is 17.1 Å². The van der Waals surface area contributed by atoms with Gasteiger partial charge in [0.1, 0.15) is 0 Å². The van der Waals surface area contributed by atoms with E-state index in [9.17, 15) is 4.79 Å². The molecule has 0 saturated heterocycles. The third kappa shape index (κ3) is 5.06. The largest absolute Gasteiger partial charge is 0.383 e. The van der Waals surface area contributed by atoms with E-state index in [2.05, 4.69) is 5.32 Å². The van der Waals surface area contributed by atoms with Gasteiger partial charge in [-0.3, -0.25) is 4.79 Å². The number of halogens is 2. The van der Waals surface area contributed by atoms with E-state index in [4.69, 9.17) is 27.9 Å². The molecule has 0 bridgehead atoms. The van der Waals surface area contributed by atoms with Crippen molar-refractivity contribution in [1.82, 2.24) is 5.32 Å². The summed E-state index contributed by atoms with van der Waals surface area (Å²) in [6.07, 6.45) is 0. The highest BCUT2D eigenvalue weighted by Crippen LogP contribution is 2.32. The number of ether oxygens (including phenoxy) is 1. The van der Waals surface area contributed by atoms with Crippen molar-refractivity contribution in [3.05, 3.63) is 28.2 Å². The fourth-order valence-electron chi connectivity index (χ4n) is 1.23. The van der Waals surface area contributed by atoms with Crippen molar-refractivity contribution in [2.24, 2.45) is 0 Å². The number of methoxy groups -OCH3 is 1. The quantitative estimate of drug-likeness (QED) is 0.648. The highest BCUT2D eigenvalue weighted by atomic mass is 35.5. The first-order chi connectivity index (χ1) is 8.54. The Bertz CT molecular complexity index is 415. The number of hydrogen-bond donors (Lipinski definition) is 1. The van der Waals surface area contributed by atoms with Gasteiger partial charge in [0.2, 0.25) is 5.91 Å². The number of carbonyl (C=O) groups excluding carboxylic acids is 1. The lowest BCUT2D eigenvalue weighted by atomic mass is 10.4. The van der Waals surface area contributed by atoms with Crippen LogP contribution in [-0.4, -0.2) is 31.4 Å². The number of benzene rings is 1. The Morgan fingerprint density at radius 3 is 2.89 bits per heavy atom. The van der Waals surface area contributed by atoms with Crippen LogP contribution in [0.5, 0.6) is 0 Å². The Labute approximate surface area is 121 Å². The van der Waals surface area contributed by atoms with Gasteiger partial charge in [0.25, 0.3) is 0 Å². The summed E-state index contributed by atoms with van der Waals surface area (Å²) in [7, 11) is 1.59. The summed E-state index contributed by atoms with van der Waals surface area (Å²) in [5.74, 6) is -0.0481. The van der Waals surface area contributed by atoms with E-state index in [1.54, 1.807) is 25.3 Å². The van der Waals surface area contributed by atoms with E-state index < -0.39 is 0 Å². The second kappa shape index (κ2) is 7.89. The lowest BCUT2D eigenvalue weighted by Gasteiger charge is -2.12. The second-order valence-corrected chi connectivity index (χ2v) is 5.84. The molecule has 3 nitrogen and oxygen atoms in total. The molecular formula is C12H15Cl2NO2S. The minimum atomic E-state index is -0.238. The molecule has 1 atom stereocenters. The van der Waals surface area contributed by atoms with Crippen LogP contribution in [0.1, 0.15) is 6.92 Å². The van der Waals surface area contributed by atoms with Crippen LogP contribution in [0.25, 0.3) is 0 Å². The van der Waals surface area contributed by atoms with Crippen LogP contribution in [0.4, 0.5) is 0 Å². The van der Waals surface area contributed by atoms with Crippen LogP contribution < -0.4 is 5.32 Å². The van der Waals surface area contributed by atoms with Crippen LogP contribution in [0.3, 0.4) is 0 Å². The zero-order chi connectivity index (χ0) is 13.5. The number of rotatable bonds is 6. The van der Waals surface area contributed by atoms with E-state index >= 15 is 0 Å². The molecule has 6 heteroatoms. The van der Waals surface area contributed by atoms with Crippen molar-refractivity contribution >= 4 is 40.9 Å². The third-order valence-electron chi connectivity index (χ3n) is 2.17. The molecule has 0 radical (unpaired) electrons. The topological polar surface area (TPSA) is 38.3 Å². The van der Waals surface area contributed by atoms with E-state index in [0.29, 0.717) is 23.2 Å². The molecule has 0 fully saturated rings. The Morgan fingerprint density at radius 2 is 2.22 bits per heavy atom. The Morgan fingerprint density at radius 1 is 1.50 bits per heavy atom. The predicted octanol–water partition coefficient (Wildman–Crippen LogP) is 3.24. The highest BCUT2D eigenvalue weighted by molar-refractivity contribution is 8.00. The minimum absolute atomic E-state index is 0.0481. The first-order valence-corrected chi connectivity index (χ1v) is 7.06. The van der Waals surface area contributed by atoms with E-state index in [1.807, 2.05) is 6.92 Å². The molecular weight excluding hydrogens is 293 g/mol. The lowest BCUT2D eigenvalue weighted by Crippen LogP contribution is -2.33. The first-order valence-electron chi connectivity index (χ1n) is 5.43.